The highest BCUT2D eigenvalue weighted by Crippen LogP contribution is 2.14. The monoisotopic (exact) mass is 596 g/mol. The molecule has 1 aromatic rings. The lowest BCUT2D eigenvalue weighted by Crippen LogP contribution is -3.00. The predicted octanol–water partition coefficient (Wildman–Crippen LogP) is 8.74. The lowest BCUT2D eigenvalue weighted by molar-refractivity contribution is -0.696. The van der Waals surface area contributed by atoms with Crippen LogP contribution in [0.1, 0.15) is 194 Å². The molecule has 1 rings (SSSR count). The molecule has 0 atom stereocenters. The minimum atomic E-state index is 0. The second-order valence-corrected chi connectivity index (χ2v) is 12.1. The Bertz CT molecular complexity index is 556. The molecule has 0 spiro atoms. The summed E-state index contributed by atoms with van der Waals surface area (Å²) < 4.78 is 4.81. The van der Waals surface area contributed by atoms with Crippen LogP contribution in [0.4, 0.5) is 0 Å². The Morgan fingerprint density at radius 3 is 1.11 bits per heavy atom. The number of aromatic nitrogens is 2. The van der Waals surface area contributed by atoms with Crippen molar-refractivity contribution in [1.82, 2.24) is 4.57 Å². The summed E-state index contributed by atoms with van der Waals surface area (Å²) in [6, 6.07) is 0. The van der Waals surface area contributed by atoms with Gasteiger partial charge in [0.1, 0.15) is 12.4 Å². The molecule has 1 aromatic heterocycles. The second-order valence-electron chi connectivity index (χ2n) is 12.1. The number of hydrogen-bond donors (Lipinski definition) is 0. The largest absolute Gasteiger partial charge is 1.00 e. The number of rotatable bonds is 30. The van der Waals surface area contributed by atoms with E-state index in [1.54, 1.807) is 0 Å². The van der Waals surface area contributed by atoms with Crippen molar-refractivity contribution in [2.45, 2.75) is 207 Å². The van der Waals surface area contributed by atoms with E-state index in [-0.39, 0.29) is 17.0 Å². The smallest absolute Gasteiger partial charge is 0.243 e. The predicted molar refractivity (Wildman–Crippen MR) is 165 cm³/mol. The van der Waals surface area contributed by atoms with Crippen LogP contribution < -0.4 is 21.5 Å². The molecule has 0 aliphatic heterocycles. The molecule has 0 aliphatic carbocycles. The van der Waals surface area contributed by atoms with E-state index in [9.17, 15) is 0 Å². The van der Waals surface area contributed by atoms with Crippen molar-refractivity contribution in [2.75, 3.05) is 0 Å². The molecule has 226 valence electrons. The minimum Gasteiger partial charge on any atom is -1.00 e. The van der Waals surface area contributed by atoms with Gasteiger partial charge in [-0.3, -0.25) is 0 Å². The average molecular weight is 598 g/mol. The van der Waals surface area contributed by atoms with Gasteiger partial charge in [0.15, 0.2) is 0 Å². The van der Waals surface area contributed by atoms with Gasteiger partial charge < -0.3 is 17.0 Å². The number of unbranched alkanes of at least 4 members (excludes halogenated alkanes) is 26. The molecule has 3 heteroatoms. The fourth-order valence-corrected chi connectivity index (χ4v) is 5.68. The van der Waals surface area contributed by atoms with Crippen molar-refractivity contribution < 1.29 is 21.5 Å². The Balaban J connectivity index is 0.0000137. The van der Waals surface area contributed by atoms with Gasteiger partial charge in [-0.15, -0.1) is 0 Å². The van der Waals surface area contributed by atoms with Crippen molar-refractivity contribution >= 4 is 0 Å². The van der Waals surface area contributed by atoms with Crippen LogP contribution in [0.15, 0.2) is 18.7 Å². The molecule has 0 aromatic carbocycles. The number of hydrogen-bond acceptors (Lipinski definition) is 0. The fraction of sp³-hybridized carbons (Fsp3) is 0.914. The van der Waals surface area contributed by atoms with Gasteiger partial charge in [-0.1, -0.05) is 168 Å². The highest BCUT2D eigenvalue weighted by atomic mass is 79.9. The molecule has 0 aliphatic rings. The Kier molecular flexibility index (Phi) is 31.0. The summed E-state index contributed by atoms with van der Waals surface area (Å²) >= 11 is 0. The Morgan fingerprint density at radius 2 is 0.737 bits per heavy atom. The van der Waals surface area contributed by atoms with Gasteiger partial charge in [-0.05, 0) is 25.7 Å². The zero-order valence-electron chi connectivity index (χ0n) is 26.2. The topological polar surface area (TPSA) is 8.81 Å². The van der Waals surface area contributed by atoms with Crippen LogP contribution in [-0.4, -0.2) is 4.57 Å². The zero-order valence-corrected chi connectivity index (χ0v) is 27.8. The maximum atomic E-state index is 2.41. The highest BCUT2D eigenvalue weighted by Gasteiger charge is 2.03. The third-order valence-electron chi connectivity index (χ3n) is 8.29. The molecular weight excluding hydrogens is 528 g/mol. The van der Waals surface area contributed by atoms with Crippen LogP contribution in [0.5, 0.6) is 0 Å². The number of aryl methyl sites for hydroxylation is 2. The molecule has 38 heavy (non-hydrogen) atoms. The number of imidazole rings is 1. The average Bonchev–Trinajstić information content (AvgIpc) is 3.36. The lowest BCUT2D eigenvalue weighted by Gasteiger charge is -2.03. The molecular formula is C35H69BrN2. The molecule has 0 N–H and O–H groups in total. The Morgan fingerprint density at radius 1 is 0.421 bits per heavy atom. The van der Waals surface area contributed by atoms with E-state index in [0.717, 1.165) is 0 Å². The van der Waals surface area contributed by atoms with Crippen LogP contribution in [0.25, 0.3) is 0 Å². The van der Waals surface area contributed by atoms with Crippen LogP contribution in [0.2, 0.25) is 0 Å². The van der Waals surface area contributed by atoms with Crippen molar-refractivity contribution in [2.24, 2.45) is 0 Å². The van der Waals surface area contributed by atoms with E-state index in [4.69, 9.17) is 0 Å². The molecule has 0 radical (unpaired) electrons. The first-order chi connectivity index (χ1) is 18.4. The van der Waals surface area contributed by atoms with Crippen LogP contribution in [0, 0.1) is 0 Å². The number of halogens is 1. The van der Waals surface area contributed by atoms with E-state index in [1.807, 2.05) is 0 Å². The Hall–Kier alpha value is -0.310. The molecule has 0 fully saturated rings. The first-order valence-electron chi connectivity index (χ1n) is 17.4. The summed E-state index contributed by atoms with van der Waals surface area (Å²) in [4.78, 5) is 0. The first kappa shape index (κ1) is 37.7. The van der Waals surface area contributed by atoms with Crippen molar-refractivity contribution in [3.05, 3.63) is 18.7 Å². The number of nitrogens with zero attached hydrogens (tertiary/aromatic N) is 2. The molecule has 0 saturated carbocycles. The van der Waals surface area contributed by atoms with Crippen LogP contribution in [0.3, 0.4) is 0 Å². The fourth-order valence-electron chi connectivity index (χ4n) is 5.68. The standard InChI is InChI=1S/C35H69N2.BrH/c1-3-5-7-9-11-13-15-17-18-19-20-22-24-26-28-30-32-37-34-33-36(35-37)31-29-27-25-23-21-16-14-12-10-8-6-4-2;/h33-35H,3-32H2,1-2H3;1H/q+1;/p-1. The molecule has 0 amide bonds. The second kappa shape index (κ2) is 31.2. The third kappa shape index (κ3) is 25.9. The normalized spacial score (nSPS) is 11.2. The summed E-state index contributed by atoms with van der Waals surface area (Å²) in [5.74, 6) is 0. The third-order valence-corrected chi connectivity index (χ3v) is 8.29. The van der Waals surface area contributed by atoms with Gasteiger partial charge >= 0.3 is 0 Å². The Labute approximate surface area is 250 Å². The van der Waals surface area contributed by atoms with E-state index in [2.05, 4.69) is 41.7 Å². The lowest BCUT2D eigenvalue weighted by atomic mass is 10.0. The minimum absolute atomic E-state index is 0. The van der Waals surface area contributed by atoms with Gasteiger partial charge in [0, 0.05) is 0 Å². The zero-order chi connectivity index (χ0) is 26.5. The van der Waals surface area contributed by atoms with Crippen LogP contribution in [-0.2, 0) is 13.1 Å². The summed E-state index contributed by atoms with van der Waals surface area (Å²) in [5, 5.41) is 0. The quantitative estimate of drug-likeness (QED) is 0.0619. The van der Waals surface area contributed by atoms with Crippen LogP contribution >= 0.6 is 0 Å². The van der Waals surface area contributed by atoms with Gasteiger partial charge in [0.25, 0.3) is 0 Å². The van der Waals surface area contributed by atoms with E-state index in [1.165, 1.54) is 193 Å². The van der Waals surface area contributed by atoms with Crippen molar-refractivity contribution in [3.8, 4) is 0 Å². The van der Waals surface area contributed by atoms with Gasteiger partial charge in [0.05, 0.1) is 13.1 Å². The molecule has 0 unspecified atom stereocenters. The van der Waals surface area contributed by atoms with Gasteiger partial charge in [-0.25, -0.2) is 9.13 Å². The SMILES string of the molecule is CCCCCCCCCCCCCCCCCCn1cc[n+](CCCCCCCCCCCCCC)c1.[Br-]. The summed E-state index contributed by atoms with van der Waals surface area (Å²) in [7, 11) is 0. The summed E-state index contributed by atoms with van der Waals surface area (Å²) in [5.41, 5.74) is 0. The molecule has 0 saturated heterocycles. The molecule has 2 nitrogen and oxygen atoms in total. The first-order valence-corrected chi connectivity index (χ1v) is 17.4. The van der Waals surface area contributed by atoms with Crippen molar-refractivity contribution in [1.29, 1.82) is 0 Å². The maximum Gasteiger partial charge on any atom is 0.243 e. The molecule has 0 bridgehead atoms. The van der Waals surface area contributed by atoms with Crippen molar-refractivity contribution in [3.63, 3.8) is 0 Å². The maximum absolute atomic E-state index is 2.41. The van der Waals surface area contributed by atoms with Gasteiger partial charge in [-0.2, -0.15) is 0 Å². The molecule has 1 heterocycles. The summed E-state index contributed by atoms with van der Waals surface area (Å²) in [6.07, 6.45) is 47.2. The van der Waals surface area contributed by atoms with E-state index in [0.29, 0.717) is 0 Å². The van der Waals surface area contributed by atoms with E-state index < -0.39 is 0 Å². The highest BCUT2D eigenvalue weighted by molar-refractivity contribution is 4.66. The van der Waals surface area contributed by atoms with Gasteiger partial charge in [0.2, 0.25) is 6.33 Å². The van der Waals surface area contributed by atoms with E-state index >= 15 is 0 Å². The summed E-state index contributed by atoms with van der Waals surface area (Å²) in [6.45, 7) is 7.00.